The van der Waals surface area contributed by atoms with Crippen LogP contribution < -0.4 is 10.1 Å². The van der Waals surface area contributed by atoms with E-state index >= 15 is 0 Å². The summed E-state index contributed by atoms with van der Waals surface area (Å²) >= 11 is 1.24. The molecule has 1 heterocycles. The number of hydrogen-bond donors (Lipinski definition) is 2. The number of carbonyl (C=O) groups is 3. The van der Waals surface area contributed by atoms with E-state index in [2.05, 4.69) is 26.1 Å². The van der Waals surface area contributed by atoms with E-state index in [0.717, 1.165) is 5.56 Å². The maximum atomic E-state index is 13.7. The van der Waals surface area contributed by atoms with Gasteiger partial charge in [0.1, 0.15) is 22.4 Å². The first kappa shape index (κ1) is 26.4. The lowest BCUT2D eigenvalue weighted by Crippen LogP contribution is -2.69. The highest BCUT2D eigenvalue weighted by Crippen LogP contribution is 2.46. The largest absolute Gasteiger partial charge is 0.482 e. The summed E-state index contributed by atoms with van der Waals surface area (Å²) in [5, 5.41) is 11.2. The number of thioether (sulfide) groups is 1. The fourth-order valence-corrected chi connectivity index (χ4v) is 5.61. The molecule has 1 fully saturated rings. The van der Waals surface area contributed by atoms with Gasteiger partial charge in [-0.05, 0) is 46.4 Å². The second-order valence-electron chi connectivity index (χ2n) is 9.95. The van der Waals surface area contributed by atoms with Gasteiger partial charge < -0.3 is 15.2 Å². The molecule has 0 aromatic heterocycles. The van der Waals surface area contributed by atoms with Crippen LogP contribution in [0.1, 0.15) is 47.8 Å². The maximum Gasteiger partial charge on any atom is 0.341 e. The molecule has 192 valence electrons. The number of carboxylic acid groups (broad SMARTS) is 1. The van der Waals surface area contributed by atoms with Crippen molar-refractivity contribution in [2.24, 2.45) is 0 Å². The molecular weight excluding hydrogens is 493 g/mol. The van der Waals surface area contributed by atoms with Gasteiger partial charge in [-0.25, -0.2) is 9.18 Å². The van der Waals surface area contributed by atoms with Crippen LogP contribution in [-0.4, -0.2) is 40.4 Å². The zero-order valence-electron chi connectivity index (χ0n) is 20.8. The second-order valence-corrected chi connectivity index (χ2v) is 11.0. The smallest absolute Gasteiger partial charge is 0.341 e. The van der Waals surface area contributed by atoms with Gasteiger partial charge in [0.05, 0.1) is 5.75 Å². The number of carbonyl (C=O) groups excluding carboxylic acids is 2. The molecule has 2 N–H and O–H groups in total. The van der Waals surface area contributed by atoms with E-state index < -0.39 is 29.2 Å². The van der Waals surface area contributed by atoms with Crippen molar-refractivity contribution in [1.29, 1.82) is 0 Å². The highest BCUT2D eigenvalue weighted by molar-refractivity contribution is 8.01. The maximum absolute atomic E-state index is 13.7. The van der Waals surface area contributed by atoms with Crippen LogP contribution in [-0.2, 0) is 20.5 Å². The summed E-state index contributed by atoms with van der Waals surface area (Å²) in [5.74, 6) is -1.35. The topological polar surface area (TPSA) is 92.7 Å². The Morgan fingerprint density at radius 3 is 2.05 bits per heavy atom. The van der Waals surface area contributed by atoms with Crippen LogP contribution in [0.2, 0.25) is 0 Å². The minimum atomic E-state index is -1.09. The fraction of sp³-hybridized carbons (Fsp3) is 0.276. The Bertz CT molecular complexity index is 1300. The summed E-state index contributed by atoms with van der Waals surface area (Å²) in [4.78, 5) is 36.6. The summed E-state index contributed by atoms with van der Waals surface area (Å²) < 4.78 is 18.9. The number of carboxylic acids is 1. The van der Waals surface area contributed by atoms with Crippen LogP contribution in [0.25, 0.3) is 0 Å². The van der Waals surface area contributed by atoms with E-state index in [1.807, 2.05) is 24.3 Å². The molecule has 37 heavy (non-hydrogen) atoms. The van der Waals surface area contributed by atoms with Crippen LogP contribution in [0.5, 0.6) is 5.75 Å². The lowest BCUT2D eigenvalue weighted by Gasteiger charge is -2.49. The molecule has 4 rings (SSSR count). The molecule has 3 aromatic carbocycles. The lowest BCUT2D eigenvalue weighted by molar-refractivity contribution is -0.139. The number of halogens is 1. The molecule has 1 amide bonds. The highest BCUT2D eigenvalue weighted by Gasteiger charge is 2.56. The number of ether oxygens (including phenoxy) is 1. The molecule has 0 spiro atoms. The molecule has 0 radical (unpaired) electrons. The summed E-state index contributed by atoms with van der Waals surface area (Å²) in [5.41, 5.74) is 2.07. The highest BCUT2D eigenvalue weighted by atomic mass is 32.2. The van der Waals surface area contributed by atoms with Gasteiger partial charge in [-0.3, -0.25) is 9.59 Å². The Balaban J connectivity index is 1.59. The lowest BCUT2D eigenvalue weighted by atomic mass is 9.74. The fourth-order valence-electron chi connectivity index (χ4n) is 4.33. The molecule has 8 heteroatoms. The second kappa shape index (κ2) is 10.4. The van der Waals surface area contributed by atoms with Crippen molar-refractivity contribution in [3.63, 3.8) is 0 Å². The van der Waals surface area contributed by atoms with Crippen LogP contribution >= 0.6 is 11.8 Å². The number of Topliss-reactive ketones (excluding diaryl/α,β-unsaturated/α-hetero) is 1. The van der Waals surface area contributed by atoms with Crippen molar-refractivity contribution in [3.8, 4) is 5.75 Å². The van der Waals surface area contributed by atoms with Crippen LogP contribution in [0.4, 0.5) is 4.39 Å². The van der Waals surface area contributed by atoms with Gasteiger partial charge in [0.25, 0.3) is 0 Å². The number of rotatable bonds is 9. The summed E-state index contributed by atoms with van der Waals surface area (Å²) in [6.07, 6.45) is 0. The zero-order chi connectivity index (χ0) is 26.8. The average molecular weight is 522 g/mol. The zero-order valence-corrected chi connectivity index (χ0v) is 21.6. The number of β-lactam (4-membered cyclic amide) rings is 1. The van der Waals surface area contributed by atoms with Gasteiger partial charge in [-0.2, -0.15) is 0 Å². The van der Waals surface area contributed by atoms with E-state index in [-0.39, 0.29) is 22.9 Å². The van der Waals surface area contributed by atoms with Crippen molar-refractivity contribution >= 4 is 29.4 Å². The molecular formula is C29H28FNO5S. The third-order valence-electron chi connectivity index (χ3n) is 6.38. The molecule has 0 bridgehead atoms. The molecule has 0 saturated carbocycles. The SMILES string of the molecule is CC(C)(C)c1ccc(C(=O)CS[C@H]2C(=O)N[C@@]2(c2ccc(F)cc2)c2ccc(OCC(=O)O)cc2)cc1. The minimum Gasteiger partial charge on any atom is -0.482 e. The van der Waals surface area contributed by atoms with Crippen molar-refractivity contribution < 1.29 is 28.6 Å². The number of benzene rings is 3. The van der Waals surface area contributed by atoms with Crippen LogP contribution in [0.3, 0.4) is 0 Å². The van der Waals surface area contributed by atoms with Crippen molar-refractivity contribution in [1.82, 2.24) is 5.32 Å². The first-order chi connectivity index (χ1) is 17.5. The predicted octanol–water partition coefficient (Wildman–Crippen LogP) is 4.94. The van der Waals surface area contributed by atoms with E-state index in [9.17, 15) is 18.8 Å². The van der Waals surface area contributed by atoms with E-state index in [1.54, 1.807) is 36.4 Å². The first-order valence-electron chi connectivity index (χ1n) is 11.8. The molecule has 0 unspecified atom stereocenters. The number of hydrogen-bond acceptors (Lipinski definition) is 5. The Hall–Kier alpha value is -3.65. The number of ketones is 1. The van der Waals surface area contributed by atoms with Gasteiger partial charge in [0.2, 0.25) is 5.91 Å². The van der Waals surface area contributed by atoms with E-state index in [0.29, 0.717) is 22.4 Å². The molecule has 1 aliphatic rings. The van der Waals surface area contributed by atoms with Gasteiger partial charge in [-0.15, -0.1) is 11.8 Å². The third kappa shape index (κ3) is 5.54. The Labute approximate surface area is 219 Å². The quantitative estimate of drug-likeness (QED) is 0.306. The predicted molar refractivity (Wildman–Crippen MR) is 141 cm³/mol. The summed E-state index contributed by atoms with van der Waals surface area (Å²) in [6.45, 7) is 5.84. The molecule has 1 aliphatic heterocycles. The molecule has 1 saturated heterocycles. The number of aliphatic carboxylic acids is 1. The van der Waals surface area contributed by atoms with Crippen LogP contribution in [0.15, 0.2) is 72.8 Å². The normalized spacial score (nSPS) is 19.0. The average Bonchev–Trinajstić information content (AvgIpc) is 2.86. The summed E-state index contributed by atoms with van der Waals surface area (Å²) in [6, 6.07) is 20.1. The van der Waals surface area contributed by atoms with E-state index in [4.69, 9.17) is 9.84 Å². The number of amides is 1. The first-order valence-corrected chi connectivity index (χ1v) is 12.8. The Morgan fingerprint density at radius 1 is 0.973 bits per heavy atom. The molecule has 3 aromatic rings. The van der Waals surface area contributed by atoms with Crippen molar-refractivity contribution in [3.05, 3.63) is 101 Å². The minimum absolute atomic E-state index is 0.0245. The third-order valence-corrected chi connectivity index (χ3v) is 7.71. The van der Waals surface area contributed by atoms with Crippen molar-refractivity contribution in [2.75, 3.05) is 12.4 Å². The van der Waals surface area contributed by atoms with Gasteiger partial charge >= 0.3 is 5.97 Å². The number of nitrogens with one attached hydrogen (secondary N) is 1. The van der Waals surface area contributed by atoms with E-state index in [1.165, 1.54) is 23.9 Å². The standard InChI is InChI=1S/C29H28FNO5S/c1-28(2,3)19-6-4-18(5-7-19)24(32)17-37-26-27(35)31-29(26,20-8-12-22(30)13-9-20)21-10-14-23(15-11-21)36-16-25(33)34/h4-15,26H,16-17H2,1-3H3,(H,31,35)(H,33,34)/t26-,29-/m0/s1. The monoisotopic (exact) mass is 521 g/mol. The molecule has 2 atom stereocenters. The Morgan fingerprint density at radius 2 is 1.54 bits per heavy atom. The van der Waals surface area contributed by atoms with Gasteiger partial charge in [0, 0.05) is 5.56 Å². The summed E-state index contributed by atoms with van der Waals surface area (Å²) in [7, 11) is 0. The molecule has 6 nitrogen and oxygen atoms in total. The van der Waals surface area contributed by atoms with Gasteiger partial charge in [-0.1, -0.05) is 69.3 Å². The van der Waals surface area contributed by atoms with Gasteiger partial charge in [0.15, 0.2) is 12.4 Å². The Kier molecular flexibility index (Phi) is 7.41. The van der Waals surface area contributed by atoms with Crippen LogP contribution in [0, 0.1) is 5.82 Å². The van der Waals surface area contributed by atoms with Crippen molar-refractivity contribution in [2.45, 2.75) is 37.0 Å². The molecule has 0 aliphatic carbocycles.